The van der Waals surface area contributed by atoms with Crippen LogP contribution in [0.2, 0.25) is 0 Å². The van der Waals surface area contributed by atoms with Gasteiger partial charge in [0.05, 0.1) is 18.1 Å². The molecule has 0 heterocycles. The van der Waals surface area contributed by atoms with Gasteiger partial charge in [-0.3, -0.25) is 4.79 Å². The molecule has 20 heavy (non-hydrogen) atoms. The number of nitrogens with one attached hydrogen (secondary N) is 2. The molecule has 1 aliphatic carbocycles. The Balaban J connectivity index is 2.38. The normalized spacial score (nSPS) is 25.6. The first-order valence-corrected chi connectivity index (χ1v) is 7.32. The van der Waals surface area contributed by atoms with Crippen LogP contribution in [0.4, 0.5) is 4.79 Å². The van der Waals surface area contributed by atoms with Crippen molar-refractivity contribution in [3.05, 3.63) is 0 Å². The summed E-state index contributed by atoms with van der Waals surface area (Å²) in [5, 5.41) is 24.0. The maximum Gasteiger partial charge on any atom is 0.315 e. The van der Waals surface area contributed by atoms with Crippen molar-refractivity contribution in [3.8, 4) is 0 Å². The van der Waals surface area contributed by atoms with E-state index in [9.17, 15) is 14.7 Å². The molecule has 0 aromatic rings. The van der Waals surface area contributed by atoms with Gasteiger partial charge in [-0.15, -0.1) is 0 Å². The molecule has 4 N–H and O–H groups in total. The van der Waals surface area contributed by atoms with Gasteiger partial charge in [-0.1, -0.05) is 13.3 Å². The topological polar surface area (TPSA) is 98.7 Å². The Morgan fingerprint density at radius 3 is 2.30 bits per heavy atom. The number of hydrogen-bond donors (Lipinski definition) is 4. The van der Waals surface area contributed by atoms with Crippen LogP contribution in [-0.2, 0) is 4.79 Å². The van der Waals surface area contributed by atoms with E-state index in [1.807, 2.05) is 13.8 Å². The number of aliphatic hydroxyl groups is 1. The standard InChI is InChI=1S/C14H26N2O4/c1-3-8-14(2,9-17)16-13(20)15-11-6-4-10(5-7-11)12(18)19/h10-11,17H,3-9H2,1-2H3,(H,18,19)(H2,15,16,20). The van der Waals surface area contributed by atoms with Crippen LogP contribution < -0.4 is 10.6 Å². The third-order valence-corrected chi connectivity index (χ3v) is 3.98. The summed E-state index contributed by atoms with van der Waals surface area (Å²) in [6.45, 7) is 3.72. The van der Waals surface area contributed by atoms with Crippen LogP contribution in [0.5, 0.6) is 0 Å². The molecule has 6 heteroatoms. The van der Waals surface area contributed by atoms with Crippen molar-refractivity contribution in [1.29, 1.82) is 0 Å². The largest absolute Gasteiger partial charge is 0.481 e. The Morgan fingerprint density at radius 1 is 1.25 bits per heavy atom. The van der Waals surface area contributed by atoms with Gasteiger partial charge in [0.15, 0.2) is 0 Å². The summed E-state index contributed by atoms with van der Waals surface area (Å²) in [7, 11) is 0. The quantitative estimate of drug-likeness (QED) is 0.594. The molecule has 1 saturated carbocycles. The van der Waals surface area contributed by atoms with E-state index >= 15 is 0 Å². The Kier molecular flexibility index (Phi) is 6.26. The zero-order valence-electron chi connectivity index (χ0n) is 12.3. The summed E-state index contributed by atoms with van der Waals surface area (Å²) in [4.78, 5) is 22.8. The number of urea groups is 1. The van der Waals surface area contributed by atoms with Crippen molar-refractivity contribution in [1.82, 2.24) is 10.6 Å². The van der Waals surface area contributed by atoms with Crippen LogP contribution >= 0.6 is 0 Å². The van der Waals surface area contributed by atoms with E-state index in [2.05, 4.69) is 10.6 Å². The van der Waals surface area contributed by atoms with Gasteiger partial charge in [0, 0.05) is 6.04 Å². The first-order chi connectivity index (χ1) is 9.40. The number of carbonyl (C=O) groups is 2. The third kappa shape index (κ3) is 5.00. The van der Waals surface area contributed by atoms with Crippen molar-refractivity contribution in [2.45, 2.75) is 64.0 Å². The molecule has 0 bridgehead atoms. The molecule has 116 valence electrons. The fourth-order valence-corrected chi connectivity index (χ4v) is 2.71. The average Bonchev–Trinajstić information content (AvgIpc) is 2.39. The molecule has 0 aliphatic heterocycles. The van der Waals surface area contributed by atoms with E-state index in [1.54, 1.807) is 0 Å². The summed E-state index contributed by atoms with van der Waals surface area (Å²) < 4.78 is 0. The number of hydrogen-bond acceptors (Lipinski definition) is 3. The number of carboxylic acids is 1. The number of aliphatic carboxylic acids is 1. The highest BCUT2D eigenvalue weighted by molar-refractivity contribution is 5.75. The van der Waals surface area contributed by atoms with Gasteiger partial charge in [-0.05, 0) is 39.0 Å². The van der Waals surface area contributed by atoms with Crippen molar-refractivity contribution in [3.63, 3.8) is 0 Å². The molecular formula is C14H26N2O4. The maximum atomic E-state index is 11.9. The first-order valence-electron chi connectivity index (χ1n) is 7.32. The van der Waals surface area contributed by atoms with E-state index < -0.39 is 11.5 Å². The number of carbonyl (C=O) groups excluding carboxylic acids is 1. The van der Waals surface area contributed by atoms with Crippen molar-refractivity contribution >= 4 is 12.0 Å². The van der Waals surface area contributed by atoms with Gasteiger partial charge in [0.1, 0.15) is 0 Å². The highest BCUT2D eigenvalue weighted by Gasteiger charge is 2.29. The Labute approximate surface area is 119 Å². The zero-order chi connectivity index (χ0) is 15.2. The zero-order valence-corrected chi connectivity index (χ0v) is 12.3. The lowest BCUT2D eigenvalue weighted by Crippen LogP contribution is -2.54. The van der Waals surface area contributed by atoms with Gasteiger partial charge >= 0.3 is 12.0 Å². The molecule has 2 amide bonds. The highest BCUT2D eigenvalue weighted by atomic mass is 16.4. The predicted octanol–water partition coefficient (Wildman–Crippen LogP) is 1.48. The lowest BCUT2D eigenvalue weighted by atomic mass is 9.86. The number of amides is 2. The van der Waals surface area contributed by atoms with Crippen molar-refractivity contribution in [2.75, 3.05) is 6.61 Å². The number of carboxylic acid groups (broad SMARTS) is 1. The third-order valence-electron chi connectivity index (χ3n) is 3.98. The lowest BCUT2D eigenvalue weighted by Gasteiger charge is -2.31. The minimum Gasteiger partial charge on any atom is -0.481 e. The molecule has 0 spiro atoms. The molecule has 1 rings (SSSR count). The molecule has 0 radical (unpaired) electrons. The molecular weight excluding hydrogens is 260 g/mol. The van der Waals surface area contributed by atoms with E-state index in [4.69, 9.17) is 5.11 Å². The van der Waals surface area contributed by atoms with Gasteiger partial charge in [-0.2, -0.15) is 0 Å². The van der Waals surface area contributed by atoms with Gasteiger partial charge in [0.25, 0.3) is 0 Å². The Bertz CT molecular complexity index is 340. The van der Waals surface area contributed by atoms with Crippen molar-refractivity contribution < 1.29 is 19.8 Å². The molecule has 0 aromatic carbocycles. The fourth-order valence-electron chi connectivity index (χ4n) is 2.71. The fraction of sp³-hybridized carbons (Fsp3) is 0.857. The average molecular weight is 286 g/mol. The number of rotatable bonds is 6. The van der Waals surface area contributed by atoms with E-state index in [-0.39, 0.29) is 24.6 Å². The Hall–Kier alpha value is -1.30. The minimum absolute atomic E-state index is 0.0233. The SMILES string of the molecule is CCCC(C)(CO)NC(=O)NC1CCC(C(=O)O)CC1. The lowest BCUT2D eigenvalue weighted by molar-refractivity contribution is -0.142. The van der Waals surface area contributed by atoms with Gasteiger partial charge in [-0.25, -0.2) is 4.79 Å². The molecule has 1 aliphatic rings. The van der Waals surface area contributed by atoms with Gasteiger partial charge < -0.3 is 20.8 Å². The second kappa shape index (κ2) is 7.47. The molecule has 0 aromatic heterocycles. The molecule has 6 nitrogen and oxygen atoms in total. The summed E-state index contributed by atoms with van der Waals surface area (Å²) in [5.74, 6) is -1.03. The van der Waals surface area contributed by atoms with E-state index in [0.29, 0.717) is 32.1 Å². The minimum atomic E-state index is -0.747. The van der Waals surface area contributed by atoms with Crippen LogP contribution in [0, 0.1) is 5.92 Å². The summed E-state index contributed by atoms with van der Waals surface area (Å²) in [6, 6.07) is -0.260. The smallest absolute Gasteiger partial charge is 0.315 e. The summed E-state index contributed by atoms with van der Waals surface area (Å²) >= 11 is 0. The van der Waals surface area contributed by atoms with Crippen molar-refractivity contribution in [2.24, 2.45) is 5.92 Å². The second-order valence-corrected chi connectivity index (χ2v) is 5.95. The van der Waals surface area contributed by atoms with Crippen LogP contribution in [0.15, 0.2) is 0 Å². The first kappa shape index (κ1) is 16.8. The van der Waals surface area contributed by atoms with E-state index in [0.717, 1.165) is 6.42 Å². The summed E-state index contributed by atoms with van der Waals surface area (Å²) in [6.07, 6.45) is 4.17. The molecule has 1 atom stereocenters. The summed E-state index contributed by atoms with van der Waals surface area (Å²) in [5.41, 5.74) is -0.600. The molecule has 1 unspecified atom stereocenters. The second-order valence-electron chi connectivity index (χ2n) is 5.95. The maximum absolute atomic E-state index is 11.9. The van der Waals surface area contributed by atoms with Crippen LogP contribution in [0.3, 0.4) is 0 Å². The van der Waals surface area contributed by atoms with Crippen LogP contribution in [0.1, 0.15) is 52.4 Å². The monoisotopic (exact) mass is 286 g/mol. The number of aliphatic hydroxyl groups excluding tert-OH is 1. The molecule has 0 saturated heterocycles. The molecule has 1 fully saturated rings. The van der Waals surface area contributed by atoms with E-state index in [1.165, 1.54) is 0 Å². The van der Waals surface area contributed by atoms with Crippen LogP contribution in [0.25, 0.3) is 0 Å². The Morgan fingerprint density at radius 2 is 1.85 bits per heavy atom. The predicted molar refractivity (Wildman–Crippen MR) is 75.4 cm³/mol. The highest BCUT2D eigenvalue weighted by Crippen LogP contribution is 2.24. The van der Waals surface area contributed by atoms with Crippen LogP contribution in [-0.4, -0.2) is 40.4 Å². The van der Waals surface area contributed by atoms with Gasteiger partial charge in [0.2, 0.25) is 0 Å².